The number of hydrogen-bond donors (Lipinski definition) is 2. The molecule has 0 unspecified atom stereocenters. The molecule has 0 aromatic heterocycles. The summed E-state index contributed by atoms with van der Waals surface area (Å²) in [6, 6.07) is 20.7. The fourth-order valence-corrected chi connectivity index (χ4v) is 4.17. The van der Waals surface area contributed by atoms with Gasteiger partial charge in [-0.3, -0.25) is 9.69 Å². The SMILES string of the molecule is CCOc1cc2c(cc1OCC)C(=C(Nc1ccc(N(C)C(=O)N(C)C)cc1)c1ccccc1)C(=O)N2. The van der Waals surface area contributed by atoms with Crippen LogP contribution in [0.25, 0.3) is 11.3 Å². The van der Waals surface area contributed by atoms with Crippen LogP contribution in [0.3, 0.4) is 0 Å². The molecule has 0 bridgehead atoms. The van der Waals surface area contributed by atoms with Gasteiger partial charge >= 0.3 is 6.03 Å². The zero-order chi connectivity index (χ0) is 26.5. The average Bonchev–Trinajstić information content (AvgIpc) is 3.22. The summed E-state index contributed by atoms with van der Waals surface area (Å²) in [6.45, 7) is 4.77. The first-order valence-corrected chi connectivity index (χ1v) is 12.2. The highest BCUT2D eigenvalue weighted by molar-refractivity contribution is 6.37. The highest BCUT2D eigenvalue weighted by Gasteiger charge is 2.30. The molecule has 0 radical (unpaired) electrons. The number of carbonyl (C=O) groups is 2. The monoisotopic (exact) mass is 500 g/mol. The zero-order valence-electron chi connectivity index (χ0n) is 21.8. The van der Waals surface area contributed by atoms with E-state index in [1.807, 2.05) is 80.6 Å². The van der Waals surface area contributed by atoms with Crippen LogP contribution < -0.4 is 25.0 Å². The van der Waals surface area contributed by atoms with Crippen LogP contribution in [-0.4, -0.2) is 51.2 Å². The summed E-state index contributed by atoms with van der Waals surface area (Å²) in [6.07, 6.45) is 0. The van der Waals surface area contributed by atoms with Crippen LogP contribution in [0, 0.1) is 0 Å². The number of hydrogen-bond acceptors (Lipinski definition) is 5. The maximum Gasteiger partial charge on any atom is 0.323 e. The van der Waals surface area contributed by atoms with E-state index in [4.69, 9.17) is 9.47 Å². The standard InChI is InChI=1S/C29H32N4O4/c1-6-36-24-17-22-23(18-25(24)37-7-2)31-28(34)26(22)27(19-11-9-8-10-12-19)30-20-13-15-21(16-14-20)33(5)29(35)32(3)4/h8-18,30H,6-7H2,1-5H3,(H,31,34). The van der Waals surface area contributed by atoms with E-state index < -0.39 is 0 Å². The van der Waals surface area contributed by atoms with Crippen molar-refractivity contribution in [2.45, 2.75) is 13.8 Å². The van der Waals surface area contributed by atoms with E-state index in [0.29, 0.717) is 41.7 Å². The van der Waals surface area contributed by atoms with Gasteiger partial charge in [-0.25, -0.2) is 4.79 Å². The topological polar surface area (TPSA) is 83.1 Å². The minimum Gasteiger partial charge on any atom is -0.490 e. The zero-order valence-corrected chi connectivity index (χ0v) is 21.8. The highest BCUT2D eigenvalue weighted by Crippen LogP contribution is 2.43. The van der Waals surface area contributed by atoms with Crippen LogP contribution >= 0.6 is 0 Å². The number of carbonyl (C=O) groups excluding carboxylic acids is 2. The Hall–Kier alpha value is -4.46. The molecule has 0 aliphatic carbocycles. The molecule has 0 saturated carbocycles. The van der Waals surface area contributed by atoms with E-state index in [0.717, 1.165) is 22.5 Å². The second-order valence-corrected chi connectivity index (χ2v) is 8.69. The summed E-state index contributed by atoms with van der Waals surface area (Å²) in [4.78, 5) is 28.7. The van der Waals surface area contributed by atoms with Crippen LogP contribution in [0.1, 0.15) is 25.0 Å². The number of urea groups is 1. The third kappa shape index (κ3) is 5.38. The average molecular weight is 501 g/mol. The largest absolute Gasteiger partial charge is 0.490 e. The molecule has 1 heterocycles. The van der Waals surface area contributed by atoms with Gasteiger partial charge in [-0.2, -0.15) is 0 Å². The van der Waals surface area contributed by atoms with Crippen molar-refractivity contribution in [1.82, 2.24) is 4.90 Å². The normalized spacial score (nSPS) is 13.4. The molecule has 192 valence electrons. The van der Waals surface area contributed by atoms with Gasteiger partial charge in [-0.15, -0.1) is 0 Å². The van der Waals surface area contributed by atoms with Gasteiger partial charge in [0.25, 0.3) is 5.91 Å². The molecule has 3 aromatic rings. The Bertz CT molecular complexity index is 1320. The van der Waals surface area contributed by atoms with Crippen LogP contribution in [-0.2, 0) is 4.79 Å². The molecular weight excluding hydrogens is 468 g/mol. The number of ether oxygens (including phenoxy) is 2. The van der Waals surface area contributed by atoms with Crippen molar-refractivity contribution in [3.8, 4) is 11.5 Å². The molecule has 0 saturated heterocycles. The van der Waals surface area contributed by atoms with Crippen molar-refractivity contribution < 1.29 is 19.1 Å². The molecule has 3 aromatic carbocycles. The molecule has 1 aliphatic heterocycles. The number of amides is 3. The fraction of sp³-hybridized carbons (Fsp3) is 0.241. The van der Waals surface area contributed by atoms with E-state index in [1.165, 1.54) is 4.90 Å². The highest BCUT2D eigenvalue weighted by atomic mass is 16.5. The number of benzene rings is 3. The van der Waals surface area contributed by atoms with Gasteiger partial charge in [0.1, 0.15) is 0 Å². The van der Waals surface area contributed by atoms with Crippen molar-refractivity contribution in [3.05, 3.63) is 77.9 Å². The van der Waals surface area contributed by atoms with E-state index in [9.17, 15) is 9.59 Å². The van der Waals surface area contributed by atoms with Gasteiger partial charge in [-0.05, 0) is 49.7 Å². The second-order valence-electron chi connectivity index (χ2n) is 8.69. The van der Waals surface area contributed by atoms with Crippen LogP contribution in [0.2, 0.25) is 0 Å². The maximum atomic E-state index is 13.3. The number of rotatable bonds is 8. The van der Waals surface area contributed by atoms with Gasteiger partial charge in [0.15, 0.2) is 11.5 Å². The lowest BCUT2D eigenvalue weighted by molar-refractivity contribution is -0.110. The lowest BCUT2D eigenvalue weighted by atomic mass is 9.99. The summed E-state index contributed by atoms with van der Waals surface area (Å²) in [7, 11) is 5.16. The third-order valence-corrected chi connectivity index (χ3v) is 5.93. The Kier molecular flexibility index (Phi) is 7.67. The molecular formula is C29H32N4O4. The predicted molar refractivity (Wildman–Crippen MR) is 148 cm³/mol. The number of nitrogens with one attached hydrogen (secondary N) is 2. The quantitative estimate of drug-likeness (QED) is 0.397. The molecule has 4 rings (SSSR count). The predicted octanol–water partition coefficient (Wildman–Crippen LogP) is 5.53. The van der Waals surface area contributed by atoms with Crippen LogP contribution in [0.5, 0.6) is 11.5 Å². The molecule has 8 heteroatoms. The molecule has 0 fully saturated rings. The summed E-state index contributed by atoms with van der Waals surface area (Å²) in [5.74, 6) is 0.957. The molecule has 0 spiro atoms. The van der Waals surface area contributed by atoms with Crippen molar-refractivity contribution in [1.29, 1.82) is 0 Å². The molecule has 2 N–H and O–H groups in total. The smallest absolute Gasteiger partial charge is 0.323 e. The lowest BCUT2D eigenvalue weighted by Gasteiger charge is -2.22. The summed E-state index contributed by atoms with van der Waals surface area (Å²) in [5, 5.41) is 6.43. The number of nitrogens with zero attached hydrogens (tertiary/aromatic N) is 2. The van der Waals surface area contributed by atoms with Crippen LogP contribution in [0.15, 0.2) is 66.7 Å². The third-order valence-electron chi connectivity index (χ3n) is 5.93. The minimum absolute atomic E-state index is 0.122. The first kappa shape index (κ1) is 25.6. The Morgan fingerprint density at radius 3 is 2.11 bits per heavy atom. The van der Waals surface area contributed by atoms with Gasteiger partial charge in [0, 0.05) is 44.1 Å². The summed E-state index contributed by atoms with van der Waals surface area (Å²) < 4.78 is 11.6. The van der Waals surface area contributed by atoms with Gasteiger partial charge in [0.05, 0.1) is 30.2 Å². The Morgan fingerprint density at radius 1 is 0.892 bits per heavy atom. The summed E-state index contributed by atoms with van der Waals surface area (Å²) in [5.41, 5.74) is 4.96. The Labute approximate surface area is 217 Å². The molecule has 1 aliphatic rings. The van der Waals surface area contributed by atoms with Crippen molar-refractivity contribution in [2.75, 3.05) is 49.9 Å². The molecule has 3 amide bonds. The number of anilines is 3. The van der Waals surface area contributed by atoms with Gasteiger partial charge < -0.3 is 25.0 Å². The first-order chi connectivity index (χ1) is 17.8. The Morgan fingerprint density at radius 2 is 1.51 bits per heavy atom. The van der Waals surface area contributed by atoms with Crippen LogP contribution in [0.4, 0.5) is 21.9 Å². The van der Waals surface area contributed by atoms with Gasteiger partial charge in [-0.1, -0.05) is 30.3 Å². The van der Waals surface area contributed by atoms with E-state index >= 15 is 0 Å². The van der Waals surface area contributed by atoms with Gasteiger partial charge in [0.2, 0.25) is 0 Å². The minimum atomic E-state index is -0.217. The molecule has 8 nitrogen and oxygen atoms in total. The molecule has 37 heavy (non-hydrogen) atoms. The van der Waals surface area contributed by atoms with Crippen molar-refractivity contribution in [3.63, 3.8) is 0 Å². The maximum absolute atomic E-state index is 13.3. The van der Waals surface area contributed by atoms with E-state index in [1.54, 1.807) is 26.0 Å². The Balaban J connectivity index is 1.78. The summed E-state index contributed by atoms with van der Waals surface area (Å²) >= 11 is 0. The lowest BCUT2D eigenvalue weighted by Crippen LogP contribution is -2.36. The molecule has 0 atom stereocenters. The fourth-order valence-electron chi connectivity index (χ4n) is 4.17. The second kappa shape index (κ2) is 11.1. The number of fused-ring (bicyclic) bond motifs is 1. The van der Waals surface area contributed by atoms with Crippen molar-refractivity contribution in [2.24, 2.45) is 0 Å². The van der Waals surface area contributed by atoms with E-state index in [-0.39, 0.29) is 11.9 Å². The van der Waals surface area contributed by atoms with E-state index in [2.05, 4.69) is 10.6 Å². The van der Waals surface area contributed by atoms with Crippen molar-refractivity contribution >= 4 is 40.3 Å². The first-order valence-electron chi connectivity index (χ1n) is 12.2.